The molecule has 9 heteroatoms. The molecule has 7 nitrogen and oxygen atoms in total. The molecule has 0 fully saturated rings. The van der Waals surface area contributed by atoms with Crippen molar-refractivity contribution < 1.29 is 44.1 Å². The number of hydrogen-bond acceptors (Lipinski definition) is 4. The van der Waals surface area contributed by atoms with Crippen LogP contribution >= 0.6 is 0 Å². The van der Waals surface area contributed by atoms with Crippen LogP contribution in [0.1, 0.15) is 13.7 Å². The van der Waals surface area contributed by atoms with Crippen LogP contribution in [0.3, 0.4) is 0 Å². The van der Waals surface area contributed by atoms with Crippen molar-refractivity contribution in [1.29, 1.82) is 0 Å². The molecule has 0 N–H and O–H groups in total. The Morgan fingerprint density at radius 3 is 1.75 bits per heavy atom. The molecule has 11 aromatic carbocycles. The first-order valence-corrected chi connectivity index (χ1v) is 26.2. The van der Waals surface area contributed by atoms with E-state index in [0.29, 0.717) is 33.9 Å². The van der Waals surface area contributed by atoms with Crippen LogP contribution in [0.2, 0.25) is 0 Å². The number of anilines is 6. The molecule has 0 spiro atoms. The number of benzene rings is 11. The third-order valence-electron chi connectivity index (χ3n) is 15.1. The second-order valence-corrected chi connectivity index (χ2v) is 19.5. The van der Waals surface area contributed by atoms with Gasteiger partial charge in [-0.1, -0.05) is 181 Å². The van der Waals surface area contributed by atoms with E-state index in [4.69, 9.17) is 23.4 Å². The molecule has 14 aromatic rings. The van der Waals surface area contributed by atoms with E-state index in [2.05, 4.69) is 142 Å². The first kappa shape index (κ1) is 38.5. The number of fused-ring (bicyclic) bond motifs is 9. The van der Waals surface area contributed by atoms with Gasteiger partial charge in [0.2, 0.25) is 0 Å². The Bertz CT molecular complexity index is 5200. The summed E-state index contributed by atoms with van der Waals surface area (Å²) in [5.41, 5.74) is 13.9. The van der Waals surface area contributed by atoms with Crippen LogP contribution in [-0.2, 0) is 21.1 Å². The second-order valence-electron chi connectivity index (χ2n) is 19.5. The number of nitrogens with zero attached hydrogens (tertiary/aromatic N) is 6. The average Bonchev–Trinajstić information content (AvgIpc) is 1.68. The predicted octanol–water partition coefficient (Wildman–Crippen LogP) is 15.0. The molecule has 81 heavy (non-hydrogen) atoms. The quantitative estimate of drug-likeness (QED) is 0.0821. The monoisotopic (exact) mass is 1230 g/mol. The predicted molar refractivity (Wildman–Crippen MR) is 325 cm³/mol. The van der Waals surface area contributed by atoms with Crippen LogP contribution in [0, 0.1) is 18.5 Å². The molecule has 0 atom stereocenters. The minimum atomic E-state index is -0.580. The molecule has 0 saturated carbocycles. The van der Waals surface area contributed by atoms with E-state index < -0.39 is 60.4 Å². The summed E-state index contributed by atoms with van der Waals surface area (Å²) in [6.07, 6.45) is 5.26. The summed E-state index contributed by atoms with van der Waals surface area (Å²) in [6.45, 7) is -0.106. The maximum Gasteiger partial charge on any atom is 0.268 e. The summed E-state index contributed by atoms with van der Waals surface area (Å²) < 4.78 is 100. The number of pyridine rings is 1. The van der Waals surface area contributed by atoms with E-state index in [1.165, 1.54) is 16.4 Å². The van der Waals surface area contributed by atoms with Crippen molar-refractivity contribution in [3.8, 4) is 50.8 Å². The van der Waals surface area contributed by atoms with Crippen molar-refractivity contribution in [2.24, 2.45) is 0 Å². The molecule has 0 amide bonds. The normalized spacial score (nSPS) is 14.0. The molecule has 0 saturated heterocycles. The summed E-state index contributed by atoms with van der Waals surface area (Å²) in [5, 5.41) is 1.98. The van der Waals surface area contributed by atoms with Crippen molar-refractivity contribution in [2.45, 2.75) is 0 Å². The number of rotatable bonds is 9. The maximum atomic E-state index is 9.12. The van der Waals surface area contributed by atoms with Gasteiger partial charge < -0.3 is 23.7 Å². The Morgan fingerprint density at radius 2 is 1.07 bits per heavy atom. The first-order valence-electron chi connectivity index (χ1n) is 31.2. The van der Waals surface area contributed by atoms with E-state index in [-0.39, 0.29) is 55.7 Å². The summed E-state index contributed by atoms with van der Waals surface area (Å²) >= 11 is 0. The van der Waals surface area contributed by atoms with Gasteiger partial charge >= 0.3 is 0 Å². The topological polar surface area (TPSA) is 42.3 Å². The van der Waals surface area contributed by atoms with Crippen LogP contribution in [-0.4, -0.2) is 20.8 Å². The van der Waals surface area contributed by atoms with Crippen molar-refractivity contribution in [2.75, 3.05) is 9.80 Å². The van der Waals surface area contributed by atoms with Crippen molar-refractivity contribution in [3.05, 3.63) is 291 Å². The summed E-state index contributed by atoms with van der Waals surface area (Å²) in [4.78, 5) is 9.95. The Kier molecular flexibility index (Phi) is 9.38. The Balaban J connectivity index is 0.00000689. The van der Waals surface area contributed by atoms with E-state index >= 15 is 0 Å². The van der Waals surface area contributed by atoms with Gasteiger partial charge in [0.25, 0.3) is 13.0 Å². The Morgan fingerprint density at radius 1 is 0.506 bits per heavy atom. The van der Waals surface area contributed by atoms with Gasteiger partial charge in [-0.3, -0.25) is 4.57 Å². The van der Waals surface area contributed by atoms with E-state index in [0.717, 1.165) is 56.1 Å². The zero-order valence-electron chi connectivity index (χ0n) is 52.7. The molecule has 0 radical (unpaired) electrons. The molecule has 5 heterocycles. The summed E-state index contributed by atoms with van der Waals surface area (Å²) in [6, 6.07) is 70.0. The van der Waals surface area contributed by atoms with Crippen molar-refractivity contribution in [3.63, 3.8) is 0 Å². The number of ether oxygens (including phenoxy) is 1. The SMILES string of the molecule is [2H]c1c([2H])c([2H])c(-c2cccc(-c3c([2H])c([2H])c([2H])c([2H])c3[2H])c2-[n+]2[c-]n(-c3[c-]c(Oc4[c-]c(-n5c6cc7c8c(c6c6cccnc65)N(c5ccccc5)c5ccccc5B8c5ccccc5N7c5ccccc5)ccc4)ccc3)c3ccccc32)c([2H])c1[2H].[Pt]. The Labute approximate surface area is 497 Å². The zero-order chi connectivity index (χ0) is 61.4. The Hall–Kier alpha value is -10.0. The second kappa shape index (κ2) is 19.7. The van der Waals surface area contributed by atoms with Crippen LogP contribution in [0.4, 0.5) is 34.1 Å². The standard InChI is InChI=1S/C72H45BN6O.Pt/c1-5-23-49(24-6-1)57-35-21-36-58(50-25-7-2-8-26-50)70(57)76-48-75(64-42-17-18-43-65(64)76)53-31-19-33-55(45-53)80-56-34-20-32-54(46-56)79-66-47-67-69-71(68(66)59-37-22-44-74-72(59)79)78(52-29-11-4-12-30-52)63-41-16-14-39-61(63)73(69)60-38-13-15-40-62(60)77(67)51-27-9-3-10-28-51;/h1-44,47H;/q-2;/i1D,2D,5D,6D,7D,8D,23D,24D,25D,26D;. The fourth-order valence-electron chi connectivity index (χ4n) is 12.0. The molecular weight excluding hydrogens is 1170 g/mol. The summed E-state index contributed by atoms with van der Waals surface area (Å²) in [5.74, 6) is 0.718. The van der Waals surface area contributed by atoms with Crippen LogP contribution in [0.15, 0.2) is 273 Å². The fourth-order valence-corrected chi connectivity index (χ4v) is 12.0. The van der Waals surface area contributed by atoms with Crippen LogP contribution in [0.25, 0.3) is 72.3 Å². The number of hydrogen-bond donors (Lipinski definition) is 0. The molecule has 16 rings (SSSR count). The minimum Gasteiger partial charge on any atom is -0.510 e. The first-order chi connectivity index (χ1) is 43.9. The minimum absolute atomic E-state index is 0. The van der Waals surface area contributed by atoms with Gasteiger partial charge in [0.05, 0.1) is 41.6 Å². The molecule has 384 valence electrons. The van der Waals surface area contributed by atoms with E-state index in [1.54, 1.807) is 33.4 Å². The molecule has 2 aliphatic rings. The molecule has 3 aromatic heterocycles. The van der Waals surface area contributed by atoms with Gasteiger partial charge in [0.1, 0.15) is 5.65 Å². The smallest absolute Gasteiger partial charge is 0.268 e. The average molecular weight is 1230 g/mol. The van der Waals surface area contributed by atoms with E-state index in [1.807, 2.05) is 79.0 Å². The molecule has 0 unspecified atom stereocenters. The number of imidazole rings is 1. The van der Waals surface area contributed by atoms with Crippen molar-refractivity contribution in [1.82, 2.24) is 14.1 Å². The maximum absolute atomic E-state index is 9.12. The van der Waals surface area contributed by atoms with Crippen molar-refractivity contribution >= 4 is 90.2 Å². The summed E-state index contributed by atoms with van der Waals surface area (Å²) in [7, 11) is 0. The fraction of sp³-hybridized carbons (Fsp3) is 0. The van der Waals surface area contributed by atoms with Gasteiger partial charge in [-0.15, -0.1) is 30.3 Å². The van der Waals surface area contributed by atoms with Crippen LogP contribution < -0.4 is 35.5 Å². The van der Waals surface area contributed by atoms with Crippen LogP contribution in [0.5, 0.6) is 11.5 Å². The van der Waals surface area contributed by atoms with Gasteiger partial charge in [-0.2, -0.15) is 18.2 Å². The molecule has 2 aliphatic heterocycles. The molecule has 0 aliphatic carbocycles. The third-order valence-corrected chi connectivity index (χ3v) is 15.1. The number of para-hydroxylation sites is 7. The van der Waals surface area contributed by atoms with E-state index in [9.17, 15) is 0 Å². The van der Waals surface area contributed by atoms with Gasteiger partial charge in [-0.05, 0) is 98.9 Å². The van der Waals surface area contributed by atoms with Gasteiger partial charge in [0.15, 0.2) is 0 Å². The third kappa shape index (κ3) is 7.78. The van der Waals surface area contributed by atoms with Gasteiger partial charge in [0, 0.05) is 78.0 Å². The zero-order valence-corrected chi connectivity index (χ0v) is 45.0. The van der Waals surface area contributed by atoms with Gasteiger partial charge in [-0.25, -0.2) is 4.98 Å². The number of aromatic nitrogens is 4. The molecular formula is C72H45BN6OPt-2. The molecule has 0 bridgehead atoms. The largest absolute Gasteiger partial charge is 0.510 e.